The molecule has 1 aromatic rings. The lowest BCUT2D eigenvalue weighted by Gasteiger charge is -2.31. The van der Waals surface area contributed by atoms with E-state index >= 15 is 0 Å². The van der Waals surface area contributed by atoms with Crippen LogP contribution >= 0.6 is 15.9 Å². The molecule has 0 saturated heterocycles. The van der Waals surface area contributed by atoms with Gasteiger partial charge in [0.25, 0.3) is 0 Å². The lowest BCUT2D eigenvalue weighted by molar-refractivity contribution is 0.00587. The van der Waals surface area contributed by atoms with Crippen LogP contribution in [0.5, 0.6) is 5.75 Å². The van der Waals surface area contributed by atoms with Gasteiger partial charge in [-0.05, 0) is 22.9 Å². The quantitative estimate of drug-likeness (QED) is 0.815. The minimum atomic E-state index is -0.855. The third-order valence-corrected chi connectivity index (χ3v) is 4.06. The van der Waals surface area contributed by atoms with Crippen molar-refractivity contribution in [1.29, 1.82) is 0 Å². The first-order chi connectivity index (χ1) is 8.91. The summed E-state index contributed by atoms with van der Waals surface area (Å²) < 4.78 is 11.4. The van der Waals surface area contributed by atoms with E-state index in [0.717, 1.165) is 10.0 Å². The lowest BCUT2D eigenvalue weighted by Crippen LogP contribution is -2.29. The van der Waals surface area contributed by atoms with E-state index in [-0.39, 0.29) is 0 Å². The Balaban J connectivity index is 3.29. The first kappa shape index (κ1) is 16.1. The average molecular weight is 330 g/mol. The maximum absolute atomic E-state index is 10.6. The Morgan fingerprint density at radius 2 is 2.21 bits per heavy atom. The van der Waals surface area contributed by atoms with Gasteiger partial charge in [0.1, 0.15) is 17.5 Å². The van der Waals surface area contributed by atoms with Crippen molar-refractivity contribution in [3.63, 3.8) is 0 Å². The maximum Gasteiger partial charge on any atom is 0.147 e. The number of nitrogens with zero attached hydrogens (tertiary/aromatic N) is 1. The second-order valence-corrected chi connectivity index (χ2v) is 5.55. The molecule has 0 saturated carbocycles. The number of methoxy groups -OCH3 is 2. The van der Waals surface area contributed by atoms with Crippen molar-refractivity contribution in [3.05, 3.63) is 34.6 Å². The summed E-state index contributed by atoms with van der Waals surface area (Å²) in [4.78, 5) is 4.28. The SMILES string of the molecule is C=CC(C)(COC)C(O)c1ncc(Br)c(C)c1OC. The first-order valence-corrected chi connectivity index (χ1v) is 6.70. The zero-order valence-corrected chi connectivity index (χ0v) is 13.3. The first-order valence-electron chi connectivity index (χ1n) is 5.90. The van der Waals surface area contributed by atoms with Gasteiger partial charge in [-0.25, -0.2) is 0 Å². The molecule has 1 N–H and O–H groups in total. The maximum atomic E-state index is 10.6. The Morgan fingerprint density at radius 1 is 1.58 bits per heavy atom. The highest BCUT2D eigenvalue weighted by Gasteiger charge is 2.34. The predicted molar refractivity (Wildman–Crippen MR) is 78.4 cm³/mol. The second-order valence-electron chi connectivity index (χ2n) is 4.70. The highest BCUT2D eigenvalue weighted by atomic mass is 79.9. The van der Waals surface area contributed by atoms with Crippen LogP contribution in [0.15, 0.2) is 23.3 Å². The molecule has 0 radical (unpaired) electrons. The largest absolute Gasteiger partial charge is 0.494 e. The minimum Gasteiger partial charge on any atom is -0.494 e. The van der Waals surface area contributed by atoms with Crippen LogP contribution in [0.3, 0.4) is 0 Å². The number of ether oxygens (including phenoxy) is 2. The van der Waals surface area contributed by atoms with Gasteiger partial charge >= 0.3 is 0 Å². The van der Waals surface area contributed by atoms with Gasteiger partial charge in [0, 0.05) is 28.8 Å². The number of rotatable bonds is 6. The Kier molecular flexibility index (Phi) is 5.52. The number of hydrogen-bond donors (Lipinski definition) is 1. The molecule has 0 spiro atoms. The molecule has 19 heavy (non-hydrogen) atoms. The summed E-state index contributed by atoms with van der Waals surface area (Å²) in [7, 11) is 3.15. The smallest absolute Gasteiger partial charge is 0.147 e. The molecule has 0 fully saturated rings. The van der Waals surface area contributed by atoms with Crippen LogP contribution in [0.2, 0.25) is 0 Å². The summed E-state index contributed by atoms with van der Waals surface area (Å²) in [6.07, 6.45) is 2.48. The molecule has 2 atom stereocenters. The Morgan fingerprint density at radius 3 is 2.68 bits per heavy atom. The molecule has 2 unspecified atom stereocenters. The van der Waals surface area contributed by atoms with Gasteiger partial charge in [-0.2, -0.15) is 0 Å². The van der Waals surface area contributed by atoms with Crippen LogP contribution in [0.25, 0.3) is 0 Å². The highest BCUT2D eigenvalue weighted by molar-refractivity contribution is 9.10. The van der Waals surface area contributed by atoms with Crippen molar-refractivity contribution < 1.29 is 14.6 Å². The number of aliphatic hydroxyl groups is 1. The van der Waals surface area contributed by atoms with Crippen LogP contribution < -0.4 is 4.74 Å². The van der Waals surface area contributed by atoms with E-state index in [1.165, 1.54) is 0 Å². The third kappa shape index (κ3) is 3.16. The molecule has 1 aromatic heterocycles. The van der Waals surface area contributed by atoms with Crippen molar-refractivity contribution in [2.24, 2.45) is 5.41 Å². The van der Waals surface area contributed by atoms with Crippen LogP contribution in [0.4, 0.5) is 0 Å². The molecule has 4 nitrogen and oxygen atoms in total. The van der Waals surface area contributed by atoms with E-state index in [1.807, 2.05) is 13.8 Å². The number of halogens is 1. The van der Waals surface area contributed by atoms with E-state index in [1.54, 1.807) is 26.5 Å². The summed E-state index contributed by atoms with van der Waals surface area (Å²) in [6.45, 7) is 7.89. The summed E-state index contributed by atoms with van der Waals surface area (Å²) in [5, 5.41) is 10.6. The topological polar surface area (TPSA) is 51.6 Å². The van der Waals surface area contributed by atoms with Gasteiger partial charge in [0.05, 0.1) is 13.7 Å². The fraction of sp³-hybridized carbons (Fsp3) is 0.500. The van der Waals surface area contributed by atoms with Crippen molar-refractivity contribution in [2.75, 3.05) is 20.8 Å². The summed E-state index contributed by atoms with van der Waals surface area (Å²) in [6, 6.07) is 0. The van der Waals surface area contributed by atoms with Crippen LogP contribution in [0.1, 0.15) is 24.3 Å². The molecule has 106 valence electrons. The molecular formula is C14H20BrNO3. The van der Waals surface area contributed by atoms with E-state index in [9.17, 15) is 5.11 Å². The molecule has 1 heterocycles. The van der Waals surface area contributed by atoms with Crippen molar-refractivity contribution in [2.45, 2.75) is 20.0 Å². The molecular weight excluding hydrogens is 310 g/mol. The molecule has 5 heteroatoms. The van der Waals surface area contributed by atoms with Crippen molar-refractivity contribution in [1.82, 2.24) is 4.98 Å². The number of aliphatic hydroxyl groups excluding tert-OH is 1. The second kappa shape index (κ2) is 6.50. The average Bonchev–Trinajstić information content (AvgIpc) is 2.41. The number of pyridine rings is 1. The monoisotopic (exact) mass is 329 g/mol. The minimum absolute atomic E-state index is 0.345. The predicted octanol–water partition coefficient (Wildman–Crippen LogP) is 3.03. The van der Waals surface area contributed by atoms with Gasteiger partial charge < -0.3 is 14.6 Å². The van der Waals surface area contributed by atoms with Crippen LogP contribution in [-0.2, 0) is 4.74 Å². The zero-order valence-electron chi connectivity index (χ0n) is 11.7. The van der Waals surface area contributed by atoms with Crippen LogP contribution in [-0.4, -0.2) is 30.9 Å². The molecule has 0 aromatic carbocycles. The van der Waals surface area contributed by atoms with Gasteiger partial charge in [-0.3, -0.25) is 4.98 Å². The van der Waals surface area contributed by atoms with Crippen molar-refractivity contribution >= 4 is 15.9 Å². The van der Waals surface area contributed by atoms with E-state index < -0.39 is 11.5 Å². The lowest BCUT2D eigenvalue weighted by atomic mass is 9.83. The molecule has 0 bridgehead atoms. The van der Waals surface area contributed by atoms with E-state index in [4.69, 9.17) is 9.47 Å². The molecule has 0 amide bonds. The summed E-state index contributed by atoms with van der Waals surface area (Å²) in [5.41, 5.74) is 0.757. The number of hydrogen-bond acceptors (Lipinski definition) is 4. The Bertz CT molecular complexity index is 464. The normalized spacial score (nSPS) is 15.7. The van der Waals surface area contributed by atoms with Gasteiger partial charge in [0.2, 0.25) is 0 Å². The Hall–Kier alpha value is -0.910. The Labute approximate surface area is 122 Å². The van der Waals surface area contributed by atoms with Crippen molar-refractivity contribution in [3.8, 4) is 5.75 Å². The fourth-order valence-electron chi connectivity index (χ4n) is 1.91. The van der Waals surface area contributed by atoms with Crippen LogP contribution in [0, 0.1) is 12.3 Å². The van der Waals surface area contributed by atoms with E-state index in [2.05, 4.69) is 27.5 Å². The molecule has 1 rings (SSSR count). The standard InChI is InChI=1S/C14H20BrNO3/c1-6-14(3,8-18-4)13(17)11-12(19-5)9(2)10(15)7-16-11/h6-7,13,17H,1,8H2,2-5H3. The van der Waals surface area contributed by atoms with E-state index in [0.29, 0.717) is 18.1 Å². The molecule has 0 aliphatic rings. The fourth-order valence-corrected chi connectivity index (χ4v) is 2.19. The van der Waals surface area contributed by atoms with Gasteiger partial charge in [-0.1, -0.05) is 13.0 Å². The summed E-state index contributed by atoms with van der Waals surface area (Å²) in [5.74, 6) is 0.575. The zero-order chi connectivity index (χ0) is 14.6. The molecule has 0 aliphatic carbocycles. The van der Waals surface area contributed by atoms with Gasteiger partial charge in [0.15, 0.2) is 0 Å². The van der Waals surface area contributed by atoms with Gasteiger partial charge in [-0.15, -0.1) is 6.58 Å². The highest BCUT2D eigenvalue weighted by Crippen LogP contribution is 2.40. The third-order valence-electron chi connectivity index (χ3n) is 3.26. The summed E-state index contributed by atoms with van der Waals surface area (Å²) >= 11 is 3.40. The molecule has 0 aliphatic heterocycles. The number of aromatic nitrogens is 1.